The second-order valence-electron chi connectivity index (χ2n) is 8.33. The topological polar surface area (TPSA) is 70.4 Å². The van der Waals surface area contributed by atoms with E-state index in [2.05, 4.69) is 4.74 Å². The first-order chi connectivity index (χ1) is 12.9. The van der Waals surface area contributed by atoms with E-state index in [9.17, 15) is 23.6 Å². The van der Waals surface area contributed by atoms with Crippen molar-refractivity contribution in [3.63, 3.8) is 0 Å². The Morgan fingerprint density at radius 2 is 1.93 bits per heavy atom. The Kier molecular flexibility index (Phi) is 4.78. The molecule has 0 radical (unpaired) electrons. The molecule has 0 unspecified atom stereocenters. The van der Waals surface area contributed by atoms with E-state index in [4.69, 9.17) is 0 Å². The highest BCUT2D eigenvalue weighted by Gasteiger charge is 2.48. The van der Waals surface area contributed by atoms with E-state index in [1.54, 1.807) is 11.0 Å². The number of carbonyl (C=O) groups is 2. The van der Waals surface area contributed by atoms with Gasteiger partial charge < -0.3 is 9.64 Å². The van der Waals surface area contributed by atoms with Crippen LogP contribution in [0.3, 0.4) is 0 Å². The number of benzene rings is 1. The van der Waals surface area contributed by atoms with Gasteiger partial charge in [-0.2, -0.15) is 14.0 Å². The molecule has 1 amide bonds. The number of ketones is 1. The van der Waals surface area contributed by atoms with Crippen LogP contribution < -0.4 is 4.74 Å². The van der Waals surface area contributed by atoms with Gasteiger partial charge in [-0.1, -0.05) is 19.9 Å². The molecule has 3 rings (SSSR count). The summed E-state index contributed by atoms with van der Waals surface area (Å²) in [4.78, 5) is 26.9. The fraction of sp³-hybridized carbons (Fsp3) is 0.476. The number of hydrogen-bond donors (Lipinski definition) is 0. The van der Waals surface area contributed by atoms with E-state index >= 15 is 0 Å². The number of allylic oxidation sites excluding steroid dienone is 1. The largest absolute Gasteiger partial charge is 0.433 e. The molecule has 2 aliphatic rings. The van der Waals surface area contributed by atoms with Crippen LogP contribution in [0, 0.1) is 22.2 Å². The molecule has 1 aliphatic carbocycles. The first-order valence-electron chi connectivity index (χ1n) is 9.09. The van der Waals surface area contributed by atoms with Gasteiger partial charge in [-0.15, -0.1) is 0 Å². The number of ether oxygens (including phenoxy) is 1. The predicted octanol–water partition coefficient (Wildman–Crippen LogP) is 3.96. The van der Waals surface area contributed by atoms with Gasteiger partial charge in [-0.05, 0) is 37.1 Å². The van der Waals surface area contributed by atoms with Gasteiger partial charge in [0, 0.05) is 36.4 Å². The number of nitrogens with zero attached hydrogens (tertiary/aromatic N) is 2. The summed E-state index contributed by atoms with van der Waals surface area (Å²) in [6, 6.07) is 7.59. The van der Waals surface area contributed by atoms with Gasteiger partial charge in [0.25, 0.3) is 5.91 Å². The number of hydrogen-bond acceptors (Lipinski definition) is 4. The normalized spacial score (nSPS) is 24.1. The van der Waals surface area contributed by atoms with Crippen molar-refractivity contribution >= 4 is 11.7 Å². The van der Waals surface area contributed by atoms with Crippen molar-refractivity contribution in [1.82, 2.24) is 4.90 Å². The molecule has 1 atom stereocenters. The molecule has 1 saturated heterocycles. The summed E-state index contributed by atoms with van der Waals surface area (Å²) in [6.45, 7) is 5.22. The highest BCUT2D eigenvalue weighted by molar-refractivity contribution is 6.03. The van der Waals surface area contributed by atoms with Crippen LogP contribution in [0.2, 0.25) is 0 Å². The molecule has 148 valence electrons. The zero-order valence-electron chi connectivity index (χ0n) is 16.1. The number of halogens is 2. The van der Waals surface area contributed by atoms with Crippen LogP contribution >= 0.6 is 0 Å². The third-order valence-electron chi connectivity index (χ3n) is 5.30. The molecule has 1 heterocycles. The van der Waals surface area contributed by atoms with Crippen molar-refractivity contribution < 1.29 is 23.1 Å². The number of likely N-dealkylation sites (tertiary alicyclic amines) is 1. The zero-order valence-corrected chi connectivity index (χ0v) is 16.1. The van der Waals surface area contributed by atoms with Crippen LogP contribution in [0.5, 0.6) is 5.75 Å². The van der Waals surface area contributed by atoms with Crippen molar-refractivity contribution in [1.29, 1.82) is 5.26 Å². The van der Waals surface area contributed by atoms with Gasteiger partial charge in [-0.3, -0.25) is 9.59 Å². The Bertz CT molecular complexity index is 878. The van der Waals surface area contributed by atoms with E-state index in [1.807, 2.05) is 19.9 Å². The molecular formula is C21H22F2N2O3. The van der Waals surface area contributed by atoms with Crippen molar-refractivity contribution in [3.05, 3.63) is 41.5 Å². The van der Waals surface area contributed by atoms with Crippen molar-refractivity contribution in [3.8, 4) is 11.8 Å². The standard InChI is InChI=1S/C21H22F2N2O3/c1-19(2)12-21(10-15(11-24)17(19)26)8-9-25(13-21)18(27)14-4-6-16(7-5-14)28-20(3,22)23/h4-7,10H,8-9,12-13H2,1-3H3/t21-/m1/s1. The fourth-order valence-electron chi connectivity index (χ4n) is 4.22. The Morgan fingerprint density at radius 3 is 2.50 bits per heavy atom. The summed E-state index contributed by atoms with van der Waals surface area (Å²) in [5, 5.41) is 9.31. The summed E-state index contributed by atoms with van der Waals surface area (Å²) >= 11 is 0. The van der Waals surface area contributed by atoms with Gasteiger partial charge in [0.1, 0.15) is 11.8 Å². The maximum Gasteiger partial charge on any atom is 0.394 e. The maximum atomic E-state index is 12.9. The summed E-state index contributed by atoms with van der Waals surface area (Å²) < 4.78 is 30.3. The minimum absolute atomic E-state index is 0.0175. The highest BCUT2D eigenvalue weighted by Crippen LogP contribution is 2.48. The first kappa shape index (κ1) is 20.0. The number of carbonyl (C=O) groups excluding carboxylic acids is 2. The molecule has 0 N–H and O–H groups in total. The summed E-state index contributed by atoms with van der Waals surface area (Å²) in [7, 11) is 0. The molecule has 1 aliphatic heterocycles. The van der Waals surface area contributed by atoms with Crippen molar-refractivity contribution in [2.75, 3.05) is 13.1 Å². The molecule has 0 bridgehead atoms. The number of nitriles is 1. The summed E-state index contributed by atoms with van der Waals surface area (Å²) in [5.41, 5.74) is -0.513. The average molecular weight is 388 g/mol. The van der Waals surface area contributed by atoms with Gasteiger partial charge >= 0.3 is 6.11 Å². The lowest BCUT2D eigenvalue weighted by molar-refractivity contribution is -0.158. The maximum absolute atomic E-state index is 12.9. The third-order valence-corrected chi connectivity index (χ3v) is 5.30. The molecule has 1 aromatic rings. The Morgan fingerprint density at radius 1 is 1.29 bits per heavy atom. The first-order valence-corrected chi connectivity index (χ1v) is 9.09. The number of amides is 1. The lowest BCUT2D eigenvalue weighted by Gasteiger charge is -2.38. The van der Waals surface area contributed by atoms with E-state index in [0.29, 0.717) is 38.4 Å². The Balaban J connectivity index is 1.77. The monoisotopic (exact) mass is 388 g/mol. The molecule has 1 fully saturated rings. The Hall–Kier alpha value is -2.75. The SMILES string of the molecule is CC(F)(F)Oc1ccc(C(=O)N2CC[C@]3(C=C(C#N)C(=O)C(C)(C)C3)C2)cc1. The highest BCUT2D eigenvalue weighted by atomic mass is 19.3. The number of rotatable bonds is 3. The number of Topliss-reactive ketones (excluding diaryl/α,β-unsaturated/α-hetero) is 1. The lowest BCUT2D eigenvalue weighted by Crippen LogP contribution is -2.40. The van der Waals surface area contributed by atoms with Crippen LogP contribution in [0.15, 0.2) is 35.9 Å². The molecule has 5 nitrogen and oxygen atoms in total. The summed E-state index contributed by atoms with van der Waals surface area (Å²) in [5.74, 6) is -0.391. The van der Waals surface area contributed by atoms with E-state index < -0.39 is 16.9 Å². The van der Waals surface area contributed by atoms with Crippen LogP contribution in [-0.4, -0.2) is 35.8 Å². The smallest absolute Gasteiger partial charge is 0.394 e. The second kappa shape index (κ2) is 6.69. The Labute approximate surface area is 162 Å². The molecule has 1 spiro atoms. The van der Waals surface area contributed by atoms with Crippen LogP contribution in [0.4, 0.5) is 8.78 Å². The third kappa shape index (κ3) is 3.91. The van der Waals surface area contributed by atoms with E-state index in [-0.39, 0.29) is 23.0 Å². The molecule has 0 aromatic heterocycles. The quantitative estimate of drug-likeness (QED) is 0.786. The van der Waals surface area contributed by atoms with Crippen LogP contribution in [-0.2, 0) is 4.79 Å². The molecule has 1 aromatic carbocycles. The van der Waals surface area contributed by atoms with Gasteiger partial charge in [0.05, 0.1) is 5.57 Å². The van der Waals surface area contributed by atoms with Gasteiger partial charge in [0.2, 0.25) is 0 Å². The minimum atomic E-state index is -3.29. The average Bonchev–Trinajstić information content (AvgIpc) is 3.00. The van der Waals surface area contributed by atoms with Crippen LogP contribution in [0.1, 0.15) is 44.0 Å². The van der Waals surface area contributed by atoms with Gasteiger partial charge in [-0.25, -0.2) is 0 Å². The summed E-state index contributed by atoms with van der Waals surface area (Å²) in [6.07, 6.45) is -0.312. The zero-order chi connectivity index (χ0) is 20.7. The fourth-order valence-corrected chi connectivity index (χ4v) is 4.22. The van der Waals surface area contributed by atoms with E-state index in [1.165, 1.54) is 24.3 Å². The van der Waals surface area contributed by atoms with Crippen molar-refractivity contribution in [2.24, 2.45) is 10.8 Å². The van der Waals surface area contributed by atoms with Crippen LogP contribution in [0.25, 0.3) is 0 Å². The number of alkyl halides is 2. The van der Waals surface area contributed by atoms with E-state index in [0.717, 1.165) is 0 Å². The molecular weight excluding hydrogens is 366 g/mol. The molecule has 0 saturated carbocycles. The molecule has 28 heavy (non-hydrogen) atoms. The second-order valence-corrected chi connectivity index (χ2v) is 8.33. The molecule has 7 heteroatoms. The lowest BCUT2D eigenvalue weighted by atomic mass is 9.64. The van der Waals surface area contributed by atoms with Gasteiger partial charge in [0.15, 0.2) is 5.78 Å². The minimum Gasteiger partial charge on any atom is -0.433 e. The van der Waals surface area contributed by atoms with Crippen molar-refractivity contribution in [2.45, 2.75) is 39.7 Å². The predicted molar refractivity (Wildman–Crippen MR) is 97.7 cm³/mol.